The van der Waals surface area contributed by atoms with Gasteiger partial charge in [-0.3, -0.25) is 14.6 Å². The lowest BCUT2D eigenvalue weighted by atomic mass is 10.1. The molecule has 0 aromatic heterocycles. The number of rotatable bonds is 4. The van der Waals surface area contributed by atoms with E-state index in [9.17, 15) is 4.79 Å². The predicted molar refractivity (Wildman–Crippen MR) is 78.1 cm³/mol. The van der Waals surface area contributed by atoms with Crippen LogP contribution >= 0.6 is 0 Å². The van der Waals surface area contributed by atoms with Crippen LogP contribution in [0.4, 0.5) is 0 Å². The van der Waals surface area contributed by atoms with Crippen LogP contribution in [0.2, 0.25) is 0 Å². The Hall–Kier alpha value is -1.12. The molecule has 2 saturated heterocycles. The van der Waals surface area contributed by atoms with Gasteiger partial charge >= 0.3 is 0 Å². The van der Waals surface area contributed by atoms with E-state index in [-0.39, 0.29) is 11.9 Å². The molecular weight excluding hydrogens is 252 g/mol. The molecule has 5 heteroatoms. The Balaban J connectivity index is 1.74. The first-order valence-corrected chi connectivity index (χ1v) is 7.88. The van der Waals surface area contributed by atoms with Crippen LogP contribution in [-0.4, -0.2) is 72.5 Å². The fourth-order valence-corrected chi connectivity index (χ4v) is 3.10. The monoisotopic (exact) mass is 278 g/mol. The Labute approximate surface area is 122 Å². The van der Waals surface area contributed by atoms with E-state index in [0.29, 0.717) is 6.54 Å². The third-order valence-corrected chi connectivity index (χ3v) is 4.45. The first-order valence-electron chi connectivity index (χ1n) is 7.88. The SMILES string of the molecule is CCC(C#N)N1CCN(CC(=O)N2CCCCC2)CC1. The molecule has 0 aliphatic carbocycles. The number of carbonyl (C=O) groups is 1. The highest BCUT2D eigenvalue weighted by Crippen LogP contribution is 2.11. The third kappa shape index (κ3) is 3.94. The summed E-state index contributed by atoms with van der Waals surface area (Å²) in [6.45, 7) is 8.09. The number of piperazine rings is 1. The fourth-order valence-electron chi connectivity index (χ4n) is 3.10. The number of hydrogen-bond acceptors (Lipinski definition) is 4. The smallest absolute Gasteiger partial charge is 0.236 e. The Morgan fingerprint density at radius 2 is 1.75 bits per heavy atom. The van der Waals surface area contributed by atoms with Gasteiger partial charge in [0.25, 0.3) is 0 Å². The molecule has 0 N–H and O–H groups in total. The first-order chi connectivity index (χ1) is 9.74. The summed E-state index contributed by atoms with van der Waals surface area (Å²) in [5.41, 5.74) is 0. The number of piperidine rings is 1. The topological polar surface area (TPSA) is 50.6 Å². The highest BCUT2D eigenvalue weighted by molar-refractivity contribution is 5.78. The van der Waals surface area contributed by atoms with Gasteiger partial charge in [0.1, 0.15) is 0 Å². The van der Waals surface area contributed by atoms with E-state index in [1.165, 1.54) is 6.42 Å². The van der Waals surface area contributed by atoms with Gasteiger partial charge in [0, 0.05) is 39.3 Å². The number of nitriles is 1. The first kappa shape index (κ1) is 15.3. The van der Waals surface area contributed by atoms with Crippen LogP contribution in [0.5, 0.6) is 0 Å². The second-order valence-electron chi connectivity index (χ2n) is 5.81. The average molecular weight is 278 g/mol. The van der Waals surface area contributed by atoms with E-state index in [4.69, 9.17) is 5.26 Å². The van der Waals surface area contributed by atoms with Gasteiger partial charge in [-0.05, 0) is 25.7 Å². The maximum Gasteiger partial charge on any atom is 0.236 e. The second-order valence-corrected chi connectivity index (χ2v) is 5.81. The van der Waals surface area contributed by atoms with E-state index in [1.807, 2.05) is 4.90 Å². The molecular formula is C15H26N4O. The summed E-state index contributed by atoms with van der Waals surface area (Å²) in [7, 11) is 0. The zero-order valence-corrected chi connectivity index (χ0v) is 12.6. The molecule has 20 heavy (non-hydrogen) atoms. The van der Waals surface area contributed by atoms with Crippen LogP contribution in [0, 0.1) is 11.3 Å². The predicted octanol–water partition coefficient (Wildman–Crippen LogP) is 0.919. The number of likely N-dealkylation sites (tertiary alicyclic amines) is 1. The summed E-state index contributed by atoms with van der Waals surface area (Å²) < 4.78 is 0. The Morgan fingerprint density at radius 3 is 2.30 bits per heavy atom. The number of hydrogen-bond donors (Lipinski definition) is 0. The fraction of sp³-hybridized carbons (Fsp3) is 0.867. The van der Waals surface area contributed by atoms with Crippen LogP contribution in [0.3, 0.4) is 0 Å². The van der Waals surface area contributed by atoms with Crippen molar-refractivity contribution < 1.29 is 4.79 Å². The molecule has 2 fully saturated rings. The van der Waals surface area contributed by atoms with Crippen molar-refractivity contribution in [1.82, 2.24) is 14.7 Å². The standard InChI is InChI=1S/C15H26N4O/c1-2-14(12-16)18-10-8-17(9-11-18)13-15(20)19-6-4-3-5-7-19/h14H,2-11,13H2,1H3. The maximum atomic E-state index is 12.2. The maximum absolute atomic E-state index is 12.2. The van der Waals surface area contributed by atoms with E-state index in [1.54, 1.807) is 0 Å². The van der Waals surface area contributed by atoms with E-state index >= 15 is 0 Å². The largest absolute Gasteiger partial charge is 0.342 e. The molecule has 0 spiro atoms. The summed E-state index contributed by atoms with van der Waals surface area (Å²) in [4.78, 5) is 18.7. The summed E-state index contributed by atoms with van der Waals surface area (Å²) in [5, 5.41) is 9.09. The van der Waals surface area contributed by atoms with Crippen molar-refractivity contribution in [2.24, 2.45) is 0 Å². The lowest BCUT2D eigenvalue weighted by Gasteiger charge is -2.37. The van der Waals surface area contributed by atoms with Crippen LogP contribution in [0.15, 0.2) is 0 Å². The highest BCUT2D eigenvalue weighted by Gasteiger charge is 2.25. The molecule has 112 valence electrons. The van der Waals surface area contributed by atoms with Crippen molar-refractivity contribution >= 4 is 5.91 Å². The van der Waals surface area contributed by atoms with Gasteiger partial charge in [0.15, 0.2) is 0 Å². The molecule has 0 aromatic rings. The third-order valence-electron chi connectivity index (χ3n) is 4.45. The van der Waals surface area contributed by atoms with Crippen molar-refractivity contribution in [3.05, 3.63) is 0 Å². The minimum atomic E-state index is 0.0370. The van der Waals surface area contributed by atoms with Gasteiger partial charge in [0.05, 0.1) is 18.7 Å². The normalized spacial score (nSPS) is 23.3. The van der Waals surface area contributed by atoms with E-state index < -0.39 is 0 Å². The molecule has 2 rings (SSSR count). The lowest BCUT2D eigenvalue weighted by molar-refractivity contribution is -0.133. The Morgan fingerprint density at radius 1 is 1.10 bits per heavy atom. The van der Waals surface area contributed by atoms with Crippen molar-refractivity contribution in [3.8, 4) is 6.07 Å². The minimum absolute atomic E-state index is 0.0370. The van der Waals surface area contributed by atoms with Gasteiger partial charge in [-0.15, -0.1) is 0 Å². The van der Waals surface area contributed by atoms with Gasteiger partial charge in [-0.2, -0.15) is 5.26 Å². The number of nitrogens with zero attached hydrogens (tertiary/aromatic N) is 4. The number of carbonyl (C=O) groups excluding carboxylic acids is 1. The van der Waals surface area contributed by atoms with Crippen molar-refractivity contribution in [1.29, 1.82) is 5.26 Å². The van der Waals surface area contributed by atoms with Crippen LogP contribution < -0.4 is 0 Å². The molecule has 0 radical (unpaired) electrons. The Bertz CT molecular complexity index is 351. The van der Waals surface area contributed by atoms with Crippen LogP contribution in [0.1, 0.15) is 32.6 Å². The van der Waals surface area contributed by atoms with Crippen molar-refractivity contribution in [3.63, 3.8) is 0 Å². The van der Waals surface area contributed by atoms with Gasteiger partial charge in [-0.25, -0.2) is 0 Å². The van der Waals surface area contributed by atoms with Gasteiger partial charge in [0.2, 0.25) is 5.91 Å². The molecule has 0 bridgehead atoms. The molecule has 1 unspecified atom stereocenters. The van der Waals surface area contributed by atoms with E-state index in [0.717, 1.165) is 58.5 Å². The molecule has 2 aliphatic rings. The minimum Gasteiger partial charge on any atom is -0.342 e. The van der Waals surface area contributed by atoms with Crippen LogP contribution in [-0.2, 0) is 4.79 Å². The van der Waals surface area contributed by atoms with Crippen molar-refractivity contribution in [2.75, 3.05) is 45.8 Å². The molecule has 2 heterocycles. The summed E-state index contributed by atoms with van der Waals surface area (Å²) in [5.74, 6) is 0.283. The highest BCUT2D eigenvalue weighted by atomic mass is 16.2. The zero-order valence-electron chi connectivity index (χ0n) is 12.6. The quantitative estimate of drug-likeness (QED) is 0.767. The average Bonchev–Trinajstić information content (AvgIpc) is 2.51. The zero-order chi connectivity index (χ0) is 14.4. The summed E-state index contributed by atoms with van der Waals surface area (Å²) >= 11 is 0. The molecule has 5 nitrogen and oxygen atoms in total. The van der Waals surface area contributed by atoms with Gasteiger partial charge < -0.3 is 4.90 Å². The van der Waals surface area contributed by atoms with E-state index in [2.05, 4.69) is 22.8 Å². The summed E-state index contributed by atoms with van der Waals surface area (Å²) in [6, 6.07) is 2.40. The Kier molecular flexibility index (Phi) is 5.81. The molecule has 1 atom stereocenters. The second kappa shape index (κ2) is 7.61. The molecule has 2 aliphatic heterocycles. The number of amides is 1. The lowest BCUT2D eigenvalue weighted by Crippen LogP contribution is -2.52. The van der Waals surface area contributed by atoms with Gasteiger partial charge in [-0.1, -0.05) is 6.92 Å². The van der Waals surface area contributed by atoms with Crippen molar-refractivity contribution in [2.45, 2.75) is 38.6 Å². The summed E-state index contributed by atoms with van der Waals surface area (Å²) in [6.07, 6.45) is 4.44. The molecule has 0 aromatic carbocycles. The molecule has 0 saturated carbocycles. The molecule has 1 amide bonds. The van der Waals surface area contributed by atoms with Crippen LogP contribution in [0.25, 0.3) is 0 Å².